The van der Waals surface area contributed by atoms with Crippen LogP contribution in [-0.2, 0) is 24.7 Å². The van der Waals surface area contributed by atoms with E-state index in [-0.39, 0.29) is 27.1 Å². The van der Waals surface area contributed by atoms with Crippen LogP contribution in [0.1, 0.15) is 12.0 Å². The third-order valence-corrected chi connectivity index (χ3v) is 8.84. The van der Waals surface area contributed by atoms with Crippen LogP contribution in [0.3, 0.4) is 0 Å². The molecule has 0 atom stereocenters. The molecule has 1 aromatic heterocycles. The van der Waals surface area contributed by atoms with Crippen LogP contribution in [0.25, 0.3) is 10.2 Å². The highest BCUT2D eigenvalue weighted by atomic mass is 32.2. The quantitative estimate of drug-likeness (QED) is 0.571. The summed E-state index contributed by atoms with van der Waals surface area (Å²) in [6.07, 6.45) is -0.216. The van der Waals surface area contributed by atoms with E-state index in [9.17, 15) is 21.6 Å². The van der Waals surface area contributed by atoms with E-state index in [0.717, 1.165) is 21.2 Å². The van der Waals surface area contributed by atoms with Crippen molar-refractivity contribution < 1.29 is 21.6 Å². The van der Waals surface area contributed by atoms with Gasteiger partial charge in [-0.3, -0.25) is 4.79 Å². The molecule has 0 unspecified atom stereocenters. The number of rotatable bonds is 7. The van der Waals surface area contributed by atoms with Gasteiger partial charge in [-0.05, 0) is 37.3 Å². The van der Waals surface area contributed by atoms with Gasteiger partial charge in [-0.2, -0.15) is 0 Å². The summed E-state index contributed by atoms with van der Waals surface area (Å²) in [6, 6.07) is 11.0. The van der Waals surface area contributed by atoms with Gasteiger partial charge in [0.25, 0.3) is 0 Å². The summed E-state index contributed by atoms with van der Waals surface area (Å²) in [7, 11) is -4.25. The first-order valence-electron chi connectivity index (χ1n) is 8.91. The third kappa shape index (κ3) is 4.86. The first kappa shape index (κ1) is 22.3. The number of nitrogens with zero attached hydrogens (tertiary/aromatic N) is 2. The van der Waals surface area contributed by atoms with Gasteiger partial charge in [0.15, 0.2) is 15.0 Å². The van der Waals surface area contributed by atoms with Crippen LogP contribution in [0, 0.1) is 6.92 Å². The number of nitrogens with one attached hydrogen (secondary N) is 1. The van der Waals surface area contributed by atoms with Gasteiger partial charge in [0.2, 0.25) is 15.9 Å². The maximum Gasteiger partial charge on any atom is 0.242 e. The summed E-state index contributed by atoms with van der Waals surface area (Å²) in [6.45, 7) is 1.86. The van der Waals surface area contributed by atoms with E-state index >= 15 is 0 Å². The number of thiazole rings is 1. The standard InChI is InChI=1S/C19H21N3O5S3/c1-13-4-6-14(7-5-13)29(24,25)11-10-18(23)21-19-20-16-9-8-15(12-17(16)28-19)30(26,27)22(2)3/h4-9,12H,10-11H2,1-3H3,(H,20,21,23). The van der Waals surface area contributed by atoms with E-state index in [1.54, 1.807) is 18.2 Å². The number of carbonyl (C=O) groups is 1. The molecule has 30 heavy (non-hydrogen) atoms. The Kier molecular flexibility index (Phi) is 6.27. The molecule has 3 rings (SSSR count). The highest BCUT2D eigenvalue weighted by molar-refractivity contribution is 7.91. The molecular formula is C19H21N3O5S3. The molecule has 0 saturated heterocycles. The molecule has 0 bridgehead atoms. The van der Waals surface area contributed by atoms with Gasteiger partial charge in [-0.15, -0.1) is 0 Å². The highest BCUT2D eigenvalue weighted by Crippen LogP contribution is 2.29. The van der Waals surface area contributed by atoms with Crippen LogP contribution >= 0.6 is 11.3 Å². The minimum atomic E-state index is -3.58. The van der Waals surface area contributed by atoms with Crippen LogP contribution in [0.4, 0.5) is 5.13 Å². The van der Waals surface area contributed by atoms with Crippen molar-refractivity contribution in [2.24, 2.45) is 0 Å². The fourth-order valence-corrected chi connectivity index (χ4v) is 5.77. The predicted octanol–water partition coefficient (Wildman–Crippen LogP) is 2.66. The number of amides is 1. The van der Waals surface area contributed by atoms with Gasteiger partial charge in [-0.25, -0.2) is 26.1 Å². The van der Waals surface area contributed by atoms with Crippen LogP contribution in [0.5, 0.6) is 0 Å². The number of fused-ring (bicyclic) bond motifs is 1. The van der Waals surface area contributed by atoms with E-state index < -0.39 is 25.8 Å². The third-order valence-electron chi connectivity index (χ3n) is 4.36. The minimum absolute atomic E-state index is 0.130. The molecule has 8 nitrogen and oxygen atoms in total. The molecule has 2 aromatic carbocycles. The van der Waals surface area contributed by atoms with Crippen molar-refractivity contribution in [1.29, 1.82) is 0 Å². The van der Waals surface area contributed by atoms with Crippen molar-refractivity contribution in [3.8, 4) is 0 Å². The lowest BCUT2D eigenvalue weighted by Crippen LogP contribution is -2.22. The van der Waals surface area contributed by atoms with Crippen molar-refractivity contribution in [2.45, 2.75) is 23.1 Å². The molecule has 11 heteroatoms. The molecule has 0 aliphatic carbocycles. The van der Waals surface area contributed by atoms with E-state index in [4.69, 9.17) is 0 Å². The van der Waals surface area contributed by atoms with E-state index in [0.29, 0.717) is 10.2 Å². The zero-order valence-corrected chi connectivity index (χ0v) is 19.1. The number of benzene rings is 2. The number of aromatic nitrogens is 1. The SMILES string of the molecule is Cc1ccc(S(=O)(=O)CCC(=O)Nc2nc3ccc(S(=O)(=O)N(C)C)cc3s2)cc1. The number of hydrogen-bond donors (Lipinski definition) is 1. The number of carbonyl (C=O) groups excluding carboxylic acids is 1. The van der Waals surface area contributed by atoms with Crippen molar-refractivity contribution >= 4 is 52.5 Å². The van der Waals surface area contributed by atoms with Crippen molar-refractivity contribution in [1.82, 2.24) is 9.29 Å². The van der Waals surface area contributed by atoms with Gasteiger partial charge in [0.05, 0.1) is 25.8 Å². The monoisotopic (exact) mass is 467 g/mol. The lowest BCUT2D eigenvalue weighted by Gasteiger charge is -2.10. The smallest absolute Gasteiger partial charge is 0.242 e. The van der Waals surface area contributed by atoms with E-state index in [1.807, 2.05) is 6.92 Å². The molecule has 0 radical (unpaired) electrons. The van der Waals surface area contributed by atoms with Crippen LogP contribution in [0.2, 0.25) is 0 Å². The maximum absolute atomic E-state index is 12.4. The molecule has 3 aromatic rings. The van der Waals surface area contributed by atoms with E-state index in [2.05, 4.69) is 10.3 Å². The molecular weight excluding hydrogens is 446 g/mol. The average Bonchev–Trinajstić information content (AvgIpc) is 3.08. The van der Waals surface area contributed by atoms with Crippen molar-refractivity contribution in [2.75, 3.05) is 25.2 Å². The number of sulfone groups is 1. The Morgan fingerprint density at radius 2 is 1.67 bits per heavy atom. The molecule has 0 saturated carbocycles. The number of anilines is 1. The summed E-state index contributed by atoms with van der Waals surface area (Å²) in [5.74, 6) is -0.802. The molecule has 0 fully saturated rings. The Morgan fingerprint density at radius 3 is 2.30 bits per heavy atom. The summed E-state index contributed by atoms with van der Waals surface area (Å²) in [4.78, 5) is 16.8. The van der Waals surface area contributed by atoms with Crippen molar-refractivity contribution in [3.05, 3.63) is 48.0 Å². The fourth-order valence-electron chi connectivity index (χ4n) is 2.60. The Balaban J connectivity index is 1.70. The zero-order valence-electron chi connectivity index (χ0n) is 16.6. The number of aryl methyl sites for hydroxylation is 1. The molecule has 160 valence electrons. The predicted molar refractivity (Wildman–Crippen MR) is 117 cm³/mol. The number of sulfonamides is 1. The van der Waals surface area contributed by atoms with Crippen molar-refractivity contribution in [3.63, 3.8) is 0 Å². The molecule has 0 aliphatic heterocycles. The number of hydrogen-bond acceptors (Lipinski definition) is 7. The fraction of sp³-hybridized carbons (Fsp3) is 0.263. The van der Waals surface area contributed by atoms with Crippen LogP contribution in [-0.4, -0.2) is 51.9 Å². The second kappa shape index (κ2) is 8.42. The summed E-state index contributed by atoms with van der Waals surface area (Å²) in [5, 5.41) is 2.87. The van der Waals surface area contributed by atoms with Gasteiger partial charge in [0, 0.05) is 20.5 Å². The first-order chi connectivity index (χ1) is 14.0. The maximum atomic E-state index is 12.4. The Morgan fingerprint density at radius 1 is 1.03 bits per heavy atom. The zero-order chi connectivity index (χ0) is 22.1. The Hall–Kier alpha value is -2.34. The second-order valence-electron chi connectivity index (χ2n) is 6.87. The van der Waals surface area contributed by atoms with Gasteiger partial charge < -0.3 is 5.32 Å². The average molecular weight is 468 g/mol. The molecule has 0 aliphatic rings. The summed E-state index contributed by atoms with van der Waals surface area (Å²) in [5.41, 5.74) is 1.49. The molecule has 1 amide bonds. The molecule has 1 heterocycles. The summed E-state index contributed by atoms with van der Waals surface area (Å²) < 4.78 is 51.0. The largest absolute Gasteiger partial charge is 0.302 e. The minimum Gasteiger partial charge on any atom is -0.302 e. The van der Waals surface area contributed by atoms with Crippen LogP contribution in [0.15, 0.2) is 52.3 Å². The Labute approximate surface area is 179 Å². The normalized spacial score (nSPS) is 12.4. The van der Waals surface area contributed by atoms with E-state index in [1.165, 1.54) is 38.4 Å². The lowest BCUT2D eigenvalue weighted by molar-refractivity contribution is -0.115. The van der Waals surface area contributed by atoms with Gasteiger partial charge in [0.1, 0.15) is 0 Å². The van der Waals surface area contributed by atoms with Gasteiger partial charge >= 0.3 is 0 Å². The second-order valence-corrected chi connectivity index (χ2v) is 12.2. The topological polar surface area (TPSA) is 114 Å². The summed E-state index contributed by atoms with van der Waals surface area (Å²) >= 11 is 1.12. The first-order valence-corrected chi connectivity index (χ1v) is 12.8. The highest BCUT2D eigenvalue weighted by Gasteiger charge is 2.20. The molecule has 1 N–H and O–H groups in total. The lowest BCUT2D eigenvalue weighted by atomic mass is 10.2. The Bertz CT molecular complexity index is 1290. The van der Waals surface area contributed by atoms with Gasteiger partial charge in [-0.1, -0.05) is 29.0 Å². The molecule has 0 spiro atoms. The van der Waals surface area contributed by atoms with Crippen LogP contribution < -0.4 is 5.32 Å².